The zero-order chi connectivity index (χ0) is 14.5. The van der Waals surface area contributed by atoms with Gasteiger partial charge in [-0.15, -0.1) is 0 Å². The number of thiocarbonyl (C=S) groups is 1. The van der Waals surface area contributed by atoms with Gasteiger partial charge in [-0.1, -0.05) is 23.8 Å². The number of amides is 1. The third kappa shape index (κ3) is 4.36. The molecule has 0 bridgehead atoms. The molecule has 1 aromatic rings. The van der Waals surface area contributed by atoms with Crippen molar-refractivity contribution < 1.29 is 4.79 Å². The molecule has 1 aliphatic rings. The molecule has 2 rings (SSSR count). The molecule has 20 heavy (non-hydrogen) atoms. The number of rotatable bonds is 4. The Kier molecular flexibility index (Phi) is 5.69. The minimum Gasteiger partial charge on any atom is -0.389 e. The minimum absolute atomic E-state index is 0.0203. The van der Waals surface area contributed by atoms with Crippen molar-refractivity contribution in [1.29, 1.82) is 0 Å². The van der Waals surface area contributed by atoms with Crippen LogP contribution in [-0.2, 0) is 4.79 Å². The number of thioether (sulfide) groups is 1. The van der Waals surface area contributed by atoms with Gasteiger partial charge in [0.1, 0.15) is 4.99 Å². The molecule has 1 aliphatic heterocycles. The summed E-state index contributed by atoms with van der Waals surface area (Å²) in [4.78, 5) is 12.3. The van der Waals surface area contributed by atoms with Gasteiger partial charge in [0.15, 0.2) is 0 Å². The Morgan fingerprint density at radius 2 is 2.15 bits per heavy atom. The monoisotopic (exact) mass is 328 g/mol. The van der Waals surface area contributed by atoms with E-state index in [1.807, 2.05) is 11.8 Å². The van der Waals surface area contributed by atoms with Crippen molar-refractivity contribution >= 4 is 52.2 Å². The predicted octanol–water partition coefficient (Wildman–Crippen LogP) is 3.45. The van der Waals surface area contributed by atoms with Crippen molar-refractivity contribution in [3.63, 3.8) is 0 Å². The highest BCUT2D eigenvalue weighted by atomic mass is 35.5. The predicted molar refractivity (Wildman–Crippen MR) is 90.6 cm³/mol. The molecule has 0 saturated carbocycles. The van der Waals surface area contributed by atoms with E-state index in [1.165, 1.54) is 0 Å². The van der Waals surface area contributed by atoms with Gasteiger partial charge in [0.05, 0.1) is 10.7 Å². The molecule has 1 amide bonds. The van der Waals surface area contributed by atoms with Gasteiger partial charge in [-0.05, 0) is 48.5 Å². The number of nitrogens with one attached hydrogen (secondary N) is 1. The molecule has 0 atom stereocenters. The topological polar surface area (TPSA) is 55.1 Å². The Morgan fingerprint density at radius 1 is 1.45 bits per heavy atom. The van der Waals surface area contributed by atoms with Gasteiger partial charge in [0.25, 0.3) is 0 Å². The van der Waals surface area contributed by atoms with E-state index in [0.717, 1.165) is 24.3 Å². The van der Waals surface area contributed by atoms with E-state index >= 15 is 0 Å². The van der Waals surface area contributed by atoms with Crippen LogP contribution in [0.3, 0.4) is 0 Å². The molecular weight excluding hydrogens is 312 g/mol. The Morgan fingerprint density at radius 3 is 2.75 bits per heavy atom. The van der Waals surface area contributed by atoms with Crippen molar-refractivity contribution in [3.8, 4) is 0 Å². The Hall–Kier alpha value is -0.780. The molecule has 6 heteroatoms. The average Bonchev–Trinajstić information content (AvgIpc) is 2.42. The molecule has 0 aromatic heterocycles. The van der Waals surface area contributed by atoms with Gasteiger partial charge >= 0.3 is 0 Å². The van der Waals surface area contributed by atoms with Crippen LogP contribution in [0.25, 0.3) is 0 Å². The molecule has 1 aromatic carbocycles. The van der Waals surface area contributed by atoms with E-state index in [-0.39, 0.29) is 5.91 Å². The molecule has 0 radical (unpaired) electrons. The third-order valence-corrected chi connectivity index (χ3v) is 4.94. The van der Waals surface area contributed by atoms with Crippen molar-refractivity contribution in [3.05, 3.63) is 28.8 Å². The molecule has 1 fully saturated rings. The first-order valence-corrected chi connectivity index (χ1v) is 8.47. The molecule has 0 spiro atoms. The van der Waals surface area contributed by atoms with Gasteiger partial charge in [-0.2, -0.15) is 11.8 Å². The van der Waals surface area contributed by atoms with Crippen LogP contribution in [-0.4, -0.2) is 22.4 Å². The third-order valence-electron chi connectivity index (χ3n) is 3.34. The number of benzene rings is 1. The lowest BCUT2D eigenvalue weighted by Crippen LogP contribution is -2.20. The summed E-state index contributed by atoms with van der Waals surface area (Å²) in [5.74, 6) is 2.82. The summed E-state index contributed by atoms with van der Waals surface area (Å²) < 4.78 is 0. The first kappa shape index (κ1) is 15.6. The lowest BCUT2D eigenvalue weighted by molar-refractivity contribution is -0.117. The molecule has 3 nitrogen and oxygen atoms in total. The van der Waals surface area contributed by atoms with E-state index < -0.39 is 0 Å². The van der Waals surface area contributed by atoms with Crippen LogP contribution in [0, 0.1) is 5.92 Å². The molecule has 1 heterocycles. The first-order chi connectivity index (χ1) is 9.56. The van der Waals surface area contributed by atoms with E-state index in [0.29, 0.717) is 33.6 Å². The summed E-state index contributed by atoms with van der Waals surface area (Å²) in [7, 11) is 0. The van der Waals surface area contributed by atoms with E-state index in [1.54, 1.807) is 18.2 Å². The second-order valence-corrected chi connectivity index (χ2v) is 6.94. The Bertz CT molecular complexity index is 516. The number of hydrogen-bond donors (Lipinski definition) is 2. The van der Waals surface area contributed by atoms with Gasteiger partial charge in [0, 0.05) is 12.0 Å². The number of hydrogen-bond acceptors (Lipinski definition) is 3. The Labute approximate surface area is 133 Å². The smallest absolute Gasteiger partial charge is 0.224 e. The summed E-state index contributed by atoms with van der Waals surface area (Å²) in [5, 5.41) is 3.32. The zero-order valence-corrected chi connectivity index (χ0v) is 13.4. The van der Waals surface area contributed by atoms with Crippen molar-refractivity contribution in [1.82, 2.24) is 0 Å². The molecular formula is C14H17ClN2OS2. The number of nitrogens with two attached hydrogens (primary N) is 1. The number of halogens is 1. The first-order valence-electron chi connectivity index (χ1n) is 6.53. The lowest BCUT2D eigenvalue weighted by atomic mass is 9.98. The Balaban J connectivity index is 1.95. The molecule has 0 unspecified atom stereocenters. The van der Waals surface area contributed by atoms with Crippen LogP contribution in [0.15, 0.2) is 18.2 Å². The summed E-state index contributed by atoms with van der Waals surface area (Å²) in [5.41, 5.74) is 6.86. The summed E-state index contributed by atoms with van der Waals surface area (Å²) in [6.45, 7) is 0. The second kappa shape index (κ2) is 7.29. The summed E-state index contributed by atoms with van der Waals surface area (Å²) >= 11 is 13.0. The number of anilines is 1. The van der Waals surface area contributed by atoms with Crippen molar-refractivity contribution in [2.45, 2.75) is 19.3 Å². The maximum Gasteiger partial charge on any atom is 0.224 e. The SMILES string of the molecule is NC(=S)c1ccc(NC(=O)CC2CCSCC2)c(Cl)c1. The highest BCUT2D eigenvalue weighted by Crippen LogP contribution is 2.27. The van der Waals surface area contributed by atoms with Gasteiger partial charge in [-0.3, -0.25) is 4.79 Å². The van der Waals surface area contributed by atoms with Crippen LogP contribution < -0.4 is 11.1 Å². The quantitative estimate of drug-likeness (QED) is 0.831. The highest BCUT2D eigenvalue weighted by Gasteiger charge is 2.18. The molecule has 108 valence electrons. The highest BCUT2D eigenvalue weighted by molar-refractivity contribution is 7.99. The van der Waals surface area contributed by atoms with Crippen molar-refractivity contribution in [2.24, 2.45) is 11.7 Å². The fraction of sp³-hybridized carbons (Fsp3) is 0.429. The summed E-state index contributed by atoms with van der Waals surface area (Å²) in [6, 6.07) is 5.18. The lowest BCUT2D eigenvalue weighted by Gasteiger charge is -2.20. The number of carbonyl (C=O) groups excluding carboxylic acids is 1. The molecule has 0 aliphatic carbocycles. The maximum absolute atomic E-state index is 12.0. The zero-order valence-electron chi connectivity index (χ0n) is 11.0. The van der Waals surface area contributed by atoms with Gasteiger partial charge in [0.2, 0.25) is 5.91 Å². The maximum atomic E-state index is 12.0. The van der Waals surface area contributed by atoms with E-state index in [2.05, 4.69) is 5.32 Å². The minimum atomic E-state index is 0.0203. The molecule has 1 saturated heterocycles. The fourth-order valence-electron chi connectivity index (χ4n) is 2.18. The van der Waals surface area contributed by atoms with E-state index in [9.17, 15) is 4.79 Å². The van der Waals surface area contributed by atoms with Crippen LogP contribution in [0.5, 0.6) is 0 Å². The largest absolute Gasteiger partial charge is 0.389 e. The van der Waals surface area contributed by atoms with Crippen LogP contribution >= 0.6 is 35.6 Å². The van der Waals surface area contributed by atoms with Crippen LogP contribution in [0.4, 0.5) is 5.69 Å². The van der Waals surface area contributed by atoms with Crippen molar-refractivity contribution in [2.75, 3.05) is 16.8 Å². The normalized spacial score (nSPS) is 15.8. The number of carbonyl (C=O) groups is 1. The second-order valence-electron chi connectivity index (χ2n) is 4.87. The summed E-state index contributed by atoms with van der Waals surface area (Å²) in [6.07, 6.45) is 2.80. The average molecular weight is 329 g/mol. The van der Waals surface area contributed by atoms with E-state index in [4.69, 9.17) is 29.6 Å². The van der Waals surface area contributed by atoms with Crippen LogP contribution in [0.2, 0.25) is 5.02 Å². The van der Waals surface area contributed by atoms with Gasteiger partial charge < -0.3 is 11.1 Å². The van der Waals surface area contributed by atoms with Gasteiger partial charge in [-0.25, -0.2) is 0 Å². The van der Waals surface area contributed by atoms with Crippen LogP contribution in [0.1, 0.15) is 24.8 Å². The fourth-order valence-corrected chi connectivity index (χ4v) is 3.74. The molecule has 3 N–H and O–H groups in total. The standard InChI is InChI=1S/C14H17ClN2OS2/c15-11-8-10(14(16)19)1-2-12(11)17-13(18)7-9-3-5-20-6-4-9/h1-2,8-9H,3-7H2,(H2,16,19)(H,17,18).